The van der Waals surface area contributed by atoms with E-state index in [1.54, 1.807) is 0 Å². The van der Waals surface area contributed by atoms with Gasteiger partial charge in [0.15, 0.2) is 23.1 Å². The average Bonchev–Trinajstić information content (AvgIpc) is 3.84. The number of furan rings is 1. The van der Waals surface area contributed by atoms with Crippen molar-refractivity contribution < 1.29 is 4.42 Å². The molecule has 0 unspecified atom stereocenters. The first-order valence-electron chi connectivity index (χ1n) is 18.0. The Morgan fingerprint density at radius 1 is 0.491 bits per heavy atom. The molecule has 5 heteroatoms. The second kappa shape index (κ2) is 11.1. The van der Waals surface area contributed by atoms with E-state index >= 15 is 0 Å². The summed E-state index contributed by atoms with van der Waals surface area (Å²) in [6, 6.07) is 55.1. The Balaban J connectivity index is 1.24. The molecule has 11 rings (SSSR count). The lowest BCUT2D eigenvalue weighted by Gasteiger charge is -2.23. The highest BCUT2D eigenvalue weighted by Gasteiger charge is 2.38. The van der Waals surface area contributed by atoms with Crippen molar-refractivity contribution in [2.45, 2.75) is 19.3 Å². The first-order chi connectivity index (χ1) is 26.1. The average molecular weight is 681 g/mol. The van der Waals surface area contributed by atoms with Crippen LogP contribution in [0.25, 0.3) is 94.7 Å². The van der Waals surface area contributed by atoms with Crippen molar-refractivity contribution >= 4 is 43.7 Å². The van der Waals surface area contributed by atoms with E-state index in [0.717, 1.165) is 49.8 Å². The molecule has 1 aliphatic rings. The van der Waals surface area contributed by atoms with Gasteiger partial charge in [-0.25, -0.2) is 15.0 Å². The van der Waals surface area contributed by atoms with Gasteiger partial charge in [-0.05, 0) is 46.5 Å². The van der Waals surface area contributed by atoms with Gasteiger partial charge in [0, 0.05) is 43.7 Å². The van der Waals surface area contributed by atoms with Crippen molar-refractivity contribution in [3.63, 3.8) is 0 Å². The summed E-state index contributed by atoms with van der Waals surface area (Å²) < 4.78 is 9.37. The van der Waals surface area contributed by atoms with Gasteiger partial charge in [0.05, 0.1) is 16.7 Å². The van der Waals surface area contributed by atoms with E-state index < -0.39 is 0 Å². The van der Waals surface area contributed by atoms with Gasteiger partial charge in [-0.15, -0.1) is 0 Å². The molecule has 10 aromatic rings. The molecule has 0 atom stereocenters. The van der Waals surface area contributed by atoms with Crippen molar-refractivity contribution in [1.29, 1.82) is 0 Å². The number of fused-ring (bicyclic) bond motifs is 10. The Labute approximate surface area is 305 Å². The summed E-state index contributed by atoms with van der Waals surface area (Å²) in [5.41, 5.74) is 12.7. The molecule has 0 N–H and O–H groups in total. The van der Waals surface area contributed by atoms with Crippen LogP contribution in [0.1, 0.15) is 25.0 Å². The maximum atomic E-state index is 6.94. The summed E-state index contributed by atoms with van der Waals surface area (Å²) in [6.07, 6.45) is 0. The molecule has 0 bridgehead atoms. The number of rotatable bonds is 4. The van der Waals surface area contributed by atoms with E-state index in [9.17, 15) is 0 Å². The van der Waals surface area contributed by atoms with E-state index in [1.807, 2.05) is 72.8 Å². The fraction of sp³-hybridized carbons (Fsp3) is 0.0625. The van der Waals surface area contributed by atoms with Crippen LogP contribution in [-0.2, 0) is 5.41 Å². The Morgan fingerprint density at radius 3 is 1.85 bits per heavy atom. The number of hydrogen-bond acceptors (Lipinski definition) is 4. The van der Waals surface area contributed by atoms with Crippen molar-refractivity contribution in [1.82, 2.24) is 19.5 Å². The molecule has 0 radical (unpaired) electrons. The van der Waals surface area contributed by atoms with Crippen LogP contribution in [0.15, 0.2) is 162 Å². The molecule has 3 heterocycles. The molecule has 7 aromatic carbocycles. The molecule has 0 saturated heterocycles. The van der Waals surface area contributed by atoms with Crippen molar-refractivity contribution in [3.05, 3.63) is 169 Å². The zero-order valence-corrected chi connectivity index (χ0v) is 29.2. The van der Waals surface area contributed by atoms with Gasteiger partial charge in [0.1, 0.15) is 5.58 Å². The second-order valence-electron chi connectivity index (χ2n) is 14.4. The Bertz CT molecular complexity index is 3020. The van der Waals surface area contributed by atoms with Crippen LogP contribution >= 0.6 is 0 Å². The predicted molar refractivity (Wildman–Crippen MR) is 215 cm³/mol. The molecule has 3 aromatic heterocycles. The zero-order valence-electron chi connectivity index (χ0n) is 29.2. The highest BCUT2D eigenvalue weighted by Crippen LogP contribution is 2.53. The summed E-state index contributed by atoms with van der Waals surface area (Å²) in [4.78, 5) is 15.3. The minimum atomic E-state index is -0.211. The fourth-order valence-electron chi connectivity index (χ4n) is 8.67. The molecule has 0 fully saturated rings. The normalized spacial score (nSPS) is 13.2. The Hall–Kier alpha value is -6.85. The quantitative estimate of drug-likeness (QED) is 0.186. The molecule has 0 saturated carbocycles. The monoisotopic (exact) mass is 680 g/mol. The van der Waals surface area contributed by atoms with Gasteiger partial charge >= 0.3 is 0 Å². The van der Waals surface area contributed by atoms with E-state index in [1.165, 1.54) is 38.5 Å². The van der Waals surface area contributed by atoms with Gasteiger partial charge in [-0.3, -0.25) is 0 Å². The van der Waals surface area contributed by atoms with Crippen LogP contribution in [-0.4, -0.2) is 19.5 Å². The van der Waals surface area contributed by atoms with E-state index in [2.05, 4.69) is 103 Å². The van der Waals surface area contributed by atoms with Gasteiger partial charge in [0.25, 0.3) is 0 Å². The topological polar surface area (TPSA) is 56.7 Å². The lowest BCUT2D eigenvalue weighted by Crippen LogP contribution is -2.16. The van der Waals surface area contributed by atoms with E-state index in [4.69, 9.17) is 19.4 Å². The first kappa shape index (κ1) is 29.8. The number of aromatic nitrogens is 4. The summed E-state index contributed by atoms with van der Waals surface area (Å²) in [7, 11) is 0. The third-order valence-corrected chi connectivity index (χ3v) is 11.0. The van der Waals surface area contributed by atoms with Crippen molar-refractivity contribution in [2.24, 2.45) is 0 Å². The molecule has 53 heavy (non-hydrogen) atoms. The van der Waals surface area contributed by atoms with Gasteiger partial charge in [-0.1, -0.05) is 147 Å². The molecule has 250 valence electrons. The smallest absolute Gasteiger partial charge is 0.164 e. The summed E-state index contributed by atoms with van der Waals surface area (Å²) in [5.74, 6) is 1.85. The van der Waals surface area contributed by atoms with Crippen LogP contribution < -0.4 is 0 Å². The number of para-hydroxylation sites is 2. The summed E-state index contributed by atoms with van der Waals surface area (Å²) in [5, 5.41) is 4.43. The first-order valence-corrected chi connectivity index (χ1v) is 18.0. The fourth-order valence-corrected chi connectivity index (χ4v) is 8.67. The molecular weight excluding hydrogens is 649 g/mol. The molecule has 0 aliphatic heterocycles. The lowest BCUT2D eigenvalue weighted by atomic mass is 9.81. The molecule has 5 nitrogen and oxygen atoms in total. The van der Waals surface area contributed by atoms with Crippen molar-refractivity contribution in [3.8, 4) is 51.0 Å². The van der Waals surface area contributed by atoms with Gasteiger partial charge < -0.3 is 8.98 Å². The molecule has 1 aliphatic carbocycles. The van der Waals surface area contributed by atoms with Crippen LogP contribution in [0.4, 0.5) is 0 Å². The largest absolute Gasteiger partial charge is 0.454 e. The lowest BCUT2D eigenvalue weighted by molar-refractivity contribution is 0.660. The van der Waals surface area contributed by atoms with Crippen LogP contribution in [0.5, 0.6) is 0 Å². The molecule has 0 amide bonds. The third kappa shape index (κ3) is 4.28. The van der Waals surface area contributed by atoms with Crippen LogP contribution in [0, 0.1) is 0 Å². The highest BCUT2D eigenvalue weighted by molar-refractivity contribution is 6.17. The van der Waals surface area contributed by atoms with E-state index in [-0.39, 0.29) is 5.41 Å². The van der Waals surface area contributed by atoms with Crippen LogP contribution in [0.3, 0.4) is 0 Å². The van der Waals surface area contributed by atoms with Gasteiger partial charge in [0.2, 0.25) is 0 Å². The standard InChI is InChI=1S/C48H32N4O/c1-48(2)37-22-12-9-19-31(37)33-25-26-34-32-20-10-13-23-38(32)52(43(34)42(33)48)39-28-27-36(41-35-21-11-14-24-40(35)53-44(39)41)47-50-45(29-15-5-3-6-16-29)49-46(51-47)30-17-7-4-8-18-30/h3-28H,1-2H3. The minimum Gasteiger partial charge on any atom is -0.454 e. The van der Waals surface area contributed by atoms with E-state index in [0.29, 0.717) is 17.5 Å². The zero-order chi connectivity index (χ0) is 35.3. The number of nitrogens with zero attached hydrogens (tertiary/aromatic N) is 4. The summed E-state index contributed by atoms with van der Waals surface area (Å²) in [6.45, 7) is 4.71. The van der Waals surface area contributed by atoms with Crippen molar-refractivity contribution in [2.75, 3.05) is 0 Å². The molecule has 0 spiro atoms. The summed E-state index contributed by atoms with van der Waals surface area (Å²) >= 11 is 0. The van der Waals surface area contributed by atoms with Gasteiger partial charge in [-0.2, -0.15) is 0 Å². The SMILES string of the molecule is CC1(C)c2ccccc2-c2ccc3c4ccccc4n(-c4ccc(-c5nc(-c6ccccc6)nc(-c6ccccc6)n5)c5c4oc4ccccc45)c3c21. The Kier molecular flexibility index (Phi) is 6.23. The third-order valence-electron chi connectivity index (χ3n) is 11.0. The maximum absolute atomic E-state index is 6.94. The number of benzene rings is 7. The second-order valence-corrected chi connectivity index (χ2v) is 14.4. The predicted octanol–water partition coefficient (Wildman–Crippen LogP) is 12.2. The highest BCUT2D eigenvalue weighted by atomic mass is 16.3. The maximum Gasteiger partial charge on any atom is 0.164 e. The number of hydrogen-bond donors (Lipinski definition) is 0. The van der Waals surface area contributed by atoms with Crippen LogP contribution in [0.2, 0.25) is 0 Å². The molecular formula is C48H32N4O. The minimum absolute atomic E-state index is 0.211. The Morgan fingerprint density at radius 2 is 1.09 bits per heavy atom.